The summed E-state index contributed by atoms with van der Waals surface area (Å²) in [5.41, 5.74) is 0.977. The monoisotopic (exact) mass is 255 g/mol. The van der Waals surface area contributed by atoms with Crippen molar-refractivity contribution in [1.82, 2.24) is 4.90 Å². The summed E-state index contributed by atoms with van der Waals surface area (Å²) in [6.07, 6.45) is 3.41. The van der Waals surface area contributed by atoms with Gasteiger partial charge in [0, 0.05) is 0 Å². The third-order valence-corrected chi connectivity index (χ3v) is 4.19. The predicted molar refractivity (Wildman–Crippen MR) is 66.8 cm³/mol. The number of benzene rings is 1. The maximum absolute atomic E-state index is 12.4. The summed E-state index contributed by atoms with van der Waals surface area (Å²) in [7, 11) is 0. The highest BCUT2D eigenvalue weighted by molar-refractivity contribution is 6.06. The van der Waals surface area contributed by atoms with E-state index in [4.69, 9.17) is 4.74 Å². The van der Waals surface area contributed by atoms with E-state index in [9.17, 15) is 9.59 Å². The maximum Gasteiger partial charge on any atom is 0.236 e. The molecule has 4 atom stereocenters. The van der Waals surface area contributed by atoms with Crippen LogP contribution in [0.2, 0.25) is 0 Å². The number of hydrogen-bond donors (Lipinski definition) is 0. The summed E-state index contributed by atoms with van der Waals surface area (Å²) in [6.45, 7) is 0.366. The molecule has 19 heavy (non-hydrogen) atoms. The van der Waals surface area contributed by atoms with Crippen LogP contribution in [0.4, 0.5) is 0 Å². The van der Waals surface area contributed by atoms with E-state index in [0.717, 1.165) is 5.56 Å². The third-order valence-electron chi connectivity index (χ3n) is 4.19. The number of carbonyl (C=O) groups excluding carboxylic acids is 2. The molecule has 2 saturated heterocycles. The predicted octanol–water partition coefficient (Wildman–Crippen LogP) is 1.12. The summed E-state index contributed by atoms with van der Waals surface area (Å²) in [5.74, 6) is -0.774. The zero-order chi connectivity index (χ0) is 13.0. The number of ether oxygens (including phenoxy) is 1. The minimum absolute atomic E-state index is 0.0873. The van der Waals surface area contributed by atoms with Gasteiger partial charge in [0.25, 0.3) is 0 Å². The molecule has 2 amide bonds. The Labute approximate surface area is 110 Å². The highest BCUT2D eigenvalue weighted by Crippen LogP contribution is 2.45. The number of rotatable bonds is 2. The molecular weight excluding hydrogens is 242 g/mol. The van der Waals surface area contributed by atoms with E-state index in [0.29, 0.717) is 6.54 Å². The molecule has 4 rings (SSSR count). The van der Waals surface area contributed by atoms with Crippen LogP contribution in [-0.4, -0.2) is 28.9 Å². The van der Waals surface area contributed by atoms with Crippen LogP contribution in [0.3, 0.4) is 0 Å². The number of amides is 2. The number of fused-ring (bicyclic) bond motifs is 5. The summed E-state index contributed by atoms with van der Waals surface area (Å²) in [6, 6.07) is 9.60. The molecule has 3 aliphatic heterocycles. The molecule has 1 aromatic rings. The molecule has 96 valence electrons. The quantitative estimate of drug-likeness (QED) is 0.588. The summed E-state index contributed by atoms with van der Waals surface area (Å²) in [5, 5.41) is 0. The van der Waals surface area contributed by atoms with Crippen LogP contribution in [0.5, 0.6) is 0 Å². The average Bonchev–Trinajstić information content (AvgIpc) is 3.10. The van der Waals surface area contributed by atoms with Crippen LogP contribution in [0, 0.1) is 11.8 Å². The number of hydrogen-bond acceptors (Lipinski definition) is 3. The van der Waals surface area contributed by atoms with Gasteiger partial charge in [-0.25, -0.2) is 0 Å². The number of carbonyl (C=O) groups is 2. The fourth-order valence-electron chi connectivity index (χ4n) is 3.29. The lowest BCUT2D eigenvalue weighted by Gasteiger charge is -2.17. The SMILES string of the molecule is O=C1[C@@H]2[C@H](C(=O)N1Cc1ccccc1)[C@H]1C=C[C@@H]2O1. The van der Waals surface area contributed by atoms with Crippen molar-refractivity contribution in [2.24, 2.45) is 11.8 Å². The van der Waals surface area contributed by atoms with Gasteiger partial charge in [0.15, 0.2) is 0 Å². The lowest BCUT2D eigenvalue weighted by atomic mass is 9.85. The standard InChI is InChI=1S/C15H13NO3/c17-14-12-10-6-7-11(19-10)13(12)15(18)16(14)8-9-4-2-1-3-5-9/h1-7,10-13H,8H2/t10-,11+,12-,13+. The van der Waals surface area contributed by atoms with Crippen LogP contribution >= 0.6 is 0 Å². The molecule has 0 N–H and O–H groups in total. The first-order valence-electron chi connectivity index (χ1n) is 6.48. The lowest BCUT2D eigenvalue weighted by molar-refractivity contribution is -0.143. The molecule has 0 aliphatic carbocycles. The Morgan fingerprint density at radius 1 is 0.947 bits per heavy atom. The molecule has 3 aliphatic rings. The van der Waals surface area contributed by atoms with Crippen molar-refractivity contribution in [3.8, 4) is 0 Å². The number of nitrogens with zero attached hydrogens (tertiary/aromatic N) is 1. The largest absolute Gasteiger partial charge is 0.365 e. The molecule has 0 aromatic heterocycles. The van der Waals surface area contributed by atoms with E-state index in [1.165, 1.54) is 4.90 Å². The Balaban J connectivity index is 1.62. The van der Waals surface area contributed by atoms with E-state index in [1.54, 1.807) is 0 Å². The first kappa shape index (κ1) is 10.9. The van der Waals surface area contributed by atoms with Gasteiger partial charge in [-0.1, -0.05) is 42.5 Å². The van der Waals surface area contributed by atoms with E-state index in [-0.39, 0.29) is 35.9 Å². The van der Waals surface area contributed by atoms with Gasteiger partial charge < -0.3 is 4.74 Å². The fraction of sp³-hybridized carbons (Fsp3) is 0.333. The Morgan fingerprint density at radius 2 is 1.53 bits per heavy atom. The molecule has 2 bridgehead atoms. The molecule has 0 spiro atoms. The van der Waals surface area contributed by atoms with Gasteiger partial charge >= 0.3 is 0 Å². The van der Waals surface area contributed by atoms with Crippen LogP contribution in [0.15, 0.2) is 42.5 Å². The molecule has 4 nitrogen and oxygen atoms in total. The zero-order valence-corrected chi connectivity index (χ0v) is 10.2. The molecule has 0 unspecified atom stereocenters. The summed E-state index contributed by atoms with van der Waals surface area (Å²) >= 11 is 0. The maximum atomic E-state index is 12.4. The van der Waals surface area contributed by atoms with Crippen LogP contribution in [0.1, 0.15) is 5.56 Å². The lowest BCUT2D eigenvalue weighted by Crippen LogP contribution is -2.33. The van der Waals surface area contributed by atoms with Gasteiger partial charge in [0.1, 0.15) is 0 Å². The molecule has 0 radical (unpaired) electrons. The third kappa shape index (κ3) is 1.43. The zero-order valence-electron chi connectivity index (χ0n) is 10.2. The van der Waals surface area contributed by atoms with Gasteiger partial charge in [-0.15, -0.1) is 0 Å². The van der Waals surface area contributed by atoms with Gasteiger partial charge in [-0.05, 0) is 5.56 Å². The van der Waals surface area contributed by atoms with Gasteiger partial charge in [-0.3, -0.25) is 14.5 Å². The normalized spacial score (nSPS) is 35.3. The molecule has 1 aromatic carbocycles. The van der Waals surface area contributed by atoms with Gasteiger partial charge in [-0.2, -0.15) is 0 Å². The molecular formula is C15H13NO3. The smallest absolute Gasteiger partial charge is 0.236 e. The van der Waals surface area contributed by atoms with Crippen LogP contribution < -0.4 is 0 Å². The minimum atomic E-state index is -0.300. The minimum Gasteiger partial charge on any atom is -0.365 e. The van der Waals surface area contributed by atoms with Crippen molar-refractivity contribution in [3.05, 3.63) is 48.0 Å². The van der Waals surface area contributed by atoms with Gasteiger partial charge in [0.2, 0.25) is 11.8 Å². The van der Waals surface area contributed by atoms with Crippen LogP contribution in [-0.2, 0) is 20.9 Å². The van der Waals surface area contributed by atoms with Crippen molar-refractivity contribution in [1.29, 1.82) is 0 Å². The average molecular weight is 255 g/mol. The second-order valence-electron chi connectivity index (χ2n) is 5.25. The first-order valence-corrected chi connectivity index (χ1v) is 6.48. The molecule has 4 heteroatoms. The number of imide groups is 1. The van der Waals surface area contributed by atoms with E-state index in [1.807, 2.05) is 42.5 Å². The van der Waals surface area contributed by atoms with Crippen molar-refractivity contribution < 1.29 is 14.3 Å². The van der Waals surface area contributed by atoms with Crippen molar-refractivity contribution >= 4 is 11.8 Å². The van der Waals surface area contributed by atoms with Crippen molar-refractivity contribution in [2.45, 2.75) is 18.8 Å². The van der Waals surface area contributed by atoms with E-state index < -0.39 is 0 Å². The Hall–Kier alpha value is -1.94. The second-order valence-corrected chi connectivity index (χ2v) is 5.25. The second kappa shape index (κ2) is 3.78. The van der Waals surface area contributed by atoms with Crippen LogP contribution in [0.25, 0.3) is 0 Å². The van der Waals surface area contributed by atoms with Crippen molar-refractivity contribution in [2.75, 3.05) is 0 Å². The summed E-state index contributed by atoms with van der Waals surface area (Å²) in [4.78, 5) is 26.2. The Morgan fingerprint density at radius 3 is 2.11 bits per heavy atom. The Kier molecular flexibility index (Phi) is 2.17. The topological polar surface area (TPSA) is 46.6 Å². The highest BCUT2D eigenvalue weighted by atomic mass is 16.5. The molecule has 2 fully saturated rings. The molecule has 0 saturated carbocycles. The first-order chi connectivity index (χ1) is 9.25. The van der Waals surface area contributed by atoms with Gasteiger partial charge in [0.05, 0.1) is 30.6 Å². The fourth-order valence-corrected chi connectivity index (χ4v) is 3.29. The van der Waals surface area contributed by atoms with E-state index in [2.05, 4.69) is 0 Å². The molecule has 3 heterocycles. The van der Waals surface area contributed by atoms with Crippen molar-refractivity contribution in [3.63, 3.8) is 0 Å². The van der Waals surface area contributed by atoms with E-state index >= 15 is 0 Å². The highest BCUT2D eigenvalue weighted by Gasteiger charge is 2.60. The Bertz CT molecular complexity index is 550. The summed E-state index contributed by atoms with van der Waals surface area (Å²) < 4.78 is 5.60. The number of likely N-dealkylation sites (tertiary alicyclic amines) is 1.